The van der Waals surface area contributed by atoms with Crippen LogP contribution in [0.1, 0.15) is 20.7 Å². The predicted molar refractivity (Wildman–Crippen MR) is 102 cm³/mol. The highest BCUT2D eigenvalue weighted by Gasteiger charge is 2.38. The van der Waals surface area contributed by atoms with Gasteiger partial charge in [-0.2, -0.15) is 4.72 Å². The lowest BCUT2D eigenvalue weighted by molar-refractivity contribution is -0.166. The second-order valence-corrected chi connectivity index (χ2v) is 8.01. The Bertz CT molecular complexity index is 1230. The van der Waals surface area contributed by atoms with Crippen molar-refractivity contribution in [3.63, 3.8) is 0 Å². The van der Waals surface area contributed by atoms with Gasteiger partial charge in [-0.1, -0.05) is 47.5 Å². The topological polar surface area (TPSA) is 110 Å². The second-order valence-electron chi connectivity index (χ2n) is 6.25. The Labute approximate surface area is 165 Å². The molecule has 3 aromatic rings. The maximum Gasteiger partial charge on any atom is 0.347 e. The highest BCUT2D eigenvalue weighted by molar-refractivity contribution is 7.89. The average Bonchev–Trinajstić information content (AvgIpc) is 2.97. The number of hydrogen-bond acceptors (Lipinski definition) is 6. The summed E-state index contributed by atoms with van der Waals surface area (Å²) in [4.78, 5) is 41.2. The summed E-state index contributed by atoms with van der Waals surface area (Å²) in [5, 5.41) is 1.93. The van der Waals surface area contributed by atoms with Crippen molar-refractivity contribution in [3.8, 4) is 0 Å². The van der Waals surface area contributed by atoms with Gasteiger partial charge in [0.2, 0.25) is 10.0 Å². The van der Waals surface area contributed by atoms with Crippen molar-refractivity contribution in [1.82, 2.24) is 9.79 Å². The number of imide groups is 1. The van der Waals surface area contributed by atoms with Gasteiger partial charge in [0, 0.05) is 0 Å². The van der Waals surface area contributed by atoms with Gasteiger partial charge in [-0.15, -0.1) is 0 Å². The Morgan fingerprint density at radius 3 is 2.10 bits per heavy atom. The van der Waals surface area contributed by atoms with E-state index in [1.165, 1.54) is 24.3 Å². The lowest BCUT2D eigenvalue weighted by atomic mass is 10.1. The summed E-state index contributed by atoms with van der Waals surface area (Å²) in [6.45, 7) is -0.747. The summed E-state index contributed by atoms with van der Waals surface area (Å²) in [5.74, 6) is -2.66. The zero-order chi connectivity index (χ0) is 20.6. The van der Waals surface area contributed by atoms with Gasteiger partial charge in [-0.25, -0.2) is 13.2 Å². The van der Waals surface area contributed by atoms with Crippen molar-refractivity contribution in [2.75, 3.05) is 6.54 Å². The third-order valence-corrected chi connectivity index (χ3v) is 5.79. The molecule has 1 aliphatic heterocycles. The summed E-state index contributed by atoms with van der Waals surface area (Å²) < 4.78 is 27.0. The molecule has 0 aromatic heterocycles. The molecule has 0 aliphatic carbocycles. The molecule has 1 heterocycles. The normalized spacial score (nSPS) is 13.6. The van der Waals surface area contributed by atoms with Crippen LogP contribution in [-0.2, 0) is 19.7 Å². The summed E-state index contributed by atoms with van der Waals surface area (Å²) in [6, 6.07) is 17.8. The van der Waals surface area contributed by atoms with Crippen LogP contribution in [0, 0.1) is 0 Å². The molecule has 146 valence electrons. The molecule has 0 atom stereocenters. The average molecular weight is 410 g/mol. The van der Waals surface area contributed by atoms with Gasteiger partial charge < -0.3 is 4.84 Å². The Hall–Kier alpha value is -3.56. The predicted octanol–water partition coefficient (Wildman–Crippen LogP) is 1.87. The minimum atomic E-state index is -4.00. The fourth-order valence-electron chi connectivity index (χ4n) is 2.96. The lowest BCUT2D eigenvalue weighted by Crippen LogP contribution is -2.38. The molecule has 0 fully saturated rings. The Balaban J connectivity index is 1.44. The molecule has 0 spiro atoms. The molecule has 9 heteroatoms. The molecule has 1 N–H and O–H groups in total. The monoisotopic (exact) mass is 410 g/mol. The lowest BCUT2D eigenvalue weighted by Gasteiger charge is -2.13. The quantitative estimate of drug-likeness (QED) is 0.643. The fourth-order valence-corrected chi connectivity index (χ4v) is 3.96. The van der Waals surface area contributed by atoms with Crippen molar-refractivity contribution in [1.29, 1.82) is 0 Å². The first-order valence-electron chi connectivity index (χ1n) is 8.54. The summed E-state index contributed by atoms with van der Waals surface area (Å²) >= 11 is 0. The fraction of sp³-hybridized carbons (Fsp3) is 0.0500. The van der Waals surface area contributed by atoms with E-state index in [1.807, 2.05) is 12.1 Å². The van der Waals surface area contributed by atoms with Crippen LogP contribution in [0.4, 0.5) is 0 Å². The Morgan fingerprint density at radius 2 is 1.45 bits per heavy atom. The molecular formula is C20H14N2O6S. The number of carbonyl (C=O) groups excluding carboxylic acids is 3. The van der Waals surface area contributed by atoms with E-state index in [1.54, 1.807) is 30.3 Å². The molecular weight excluding hydrogens is 396 g/mol. The van der Waals surface area contributed by atoms with Crippen molar-refractivity contribution in [2.24, 2.45) is 0 Å². The van der Waals surface area contributed by atoms with Crippen LogP contribution in [-0.4, -0.2) is 37.8 Å². The minimum Gasteiger partial charge on any atom is -0.328 e. The standard InChI is InChI=1S/C20H14N2O6S/c23-18(28-22-19(24)16-7-3-4-8-17(16)20(22)25)12-21-29(26,27)15-10-9-13-5-1-2-6-14(13)11-15/h1-11,21H,12H2. The van der Waals surface area contributed by atoms with E-state index in [9.17, 15) is 22.8 Å². The molecule has 4 rings (SSSR count). The number of carbonyl (C=O) groups is 3. The van der Waals surface area contributed by atoms with Crippen LogP contribution < -0.4 is 4.72 Å². The Kier molecular flexibility index (Phi) is 4.61. The third-order valence-electron chi connectivity index (χ3n) is 4.39. The highest BCUT2D eigenvalue weighted by atomic mass is 32.2. The zero-order valence-electron chi connectivity index (χ0n) is 14.9. The van der Waals surface area contributed by atoms with E-state index in [2.05, 4.69) is 4.72 Å². The van der Waals surface area contributed by atoms with Crippen molar-refractivity contribution in [3.05, 3.63) is 77.9 Å². The first kappa shape index (κ1) is 18.8. The number of nitrogens with one attached hydrogen (secondary N) is 1. The largest absolute Gasteiger partial charge is 0.347 e. The minimum absolute atomic E-state index is 0.0234. The van der Waals surface area contributed by atoms with E-state index in [-0.39, 0.29) is 16.0 Å². The summed E-state index contributed by atoms with van der Waals surface area (Å²) in [7, 11) is -4.00. The van der Waals surface area contributed by atoms with Crippen LogP contribution in [0.3, 0.4) is 0 Å². The van der Waals surface area contributed by atoms with E-state index in [4.69, 9.17) is 4.84 Å². The first-order valence-corrected chi connectivity index (χ1v) is 10.0. The molecule has 8 nitrogen and oxygen atoms in total. The molecule has 0 radical (unpaired) electrons. The van der Waals surface area contributed by atoms with Gasteiger partial charge in [-0.05, 0) is 35.0 Å². The number of hydroxylamine groups is 2. The van der Waals surface area contributed by atoms with Gasteiger partial charge in [0.25, 0.3) is 11.8 Å². The molecule has 0 saturated carbocycles. The van der Waals surface area contributed by atoms with Gasteiger partial charge in [0.1, 0.15) is 6.54 Å². The Morgan fingerprint density at radius 1 is 0.862 bits per heavy atom. The molecule has 0 unspecified atom stereocenters. The smallest absolute Gasteiger partial charge is 0.328 e. The summed E-state index contributed by atoms with van der Waals surface area (Å²) in [6.07, 6.45) is 0. The van der Waals surface area contributed by atoms with Gasteiger partial charge in [0.05, 0.1) is 16.0 Å². The van der Waals surface area contributed by atoms with Crippen molar-refractivity contribution in [2.45, 2.75) is 4.90 Å². The SMILES string of the molecule is O=C(CNS(=O)(=O)c1ccc2ccccc2c1)ON1C(=O)c2ccccc2C1=O. The van der Waals surface area contributed by atoms with Gasteiger partial charge in [-0.3, -0.25) is 9.59 Å². The number of benzene rings is 3. The van der Waals surface area contributed by atoms with E-state index < -0.39 is 34.4 Å². The van der Waals surface area contributed by atoms with E-state index in [0.29, 0.717) is 5.06 Å². The number of hydrogen-bond donors (Lipinski definition) is 1. The second kappa shape index (κ2) is 7.12. The highest BCUT2D eigenvalue weighted by Crippen LogP contribution is 2.23. The molecule has 1 aliphatic rings. The molecule has 0 saturated heterocycles. The van der Waals surface area contributed by atoms with Crippen LogP contribution in [0.25, 0.3) is 10.8 Å². The van der Waals surface area contributed by atoms with E-state index in [0.717, 1.165) is 10.8 Å². The summed E-state index contributed by atoms with van der Waals surface area (Å²) in [5.41, 5.74) is 0.226. The van der Waals surface area contributed by atoms with Crippen LogP contribution in [0.5, 0.6) is 0 Å². The van der Waals surface area contributed by atoms with Crippen molar-refractivity contribution < 1.29 is 27.6 Å². The van der Waals surface area contributed by atoms with Crippen LogP contribution in [0.2, 0.25) is 0 Å². The van der Waals surface area contributed by atoms with Gasteiger partial charge in [0.15, 0.2) is 0 Å². The van der Waals surface area contributed by atoms with Gasteiger partial charge >= 0.3 is 5.97 Å². The number of nitrogens with zero attached hydrogens (tertiary/aromatic N) is 1. The molecule has 0 bridgehead atoms. The zero-order valence-corrected chi connectivity index (χ0v) is 15.7. The number of sulfonamides is 1. The molecule has 2 amide bonds. The molecule has 3 aromatic carbocycles. The van der Waals surface area contributed by atoms with Crippen molar-refractivity contribution >= 4 is 38.6 Å². The maximum atomic E-state index is 12.5. The third kappa shape index (κ3) is 3.48. The van der Waals surface area contributed by atoms with E-state index >= 15 is 0 Å². The number of amides is 2. The van der Waals surface area contributed by atoms with Crippen LogP contribution >= 0.6 is 0 Å². The van der Waals surface area contributed by atoms with Crippen LogP contribution in [0.15, 0.2) is 71.6 Å². The first-order chi connectivity index (χ1) is 13.9. The number of rotatable bonds is 5. The number of fused-ring (bicyclic) bond motifs is 2. The molecule has 29 heavy (non-hydrogen) atoms. The maximum absolute atomic E-state index is 12.5.